The van der Waals surface area contributed by atoms with Gasteiger partial charge in [-0.25, -0.2) is 4.18 Å². The molecule has 1 fully saturated rings. The van der Waals surface area contributed by atoms with Gasteiger partial charge in [0.2, 0.25) is 0 Å². The number of aliphatic carboxylic acids is 1. The second kappa shape index (κ2) is 9.28. The molecule has 1 N–H and O–H groups in total. The molecular formula is C12H25O6S. The van der Waals surface area contributed by atoms with E-state index < -0.39 is 22.4 Å². The molecule has 1 aliphatic heterocycles. The van der Waals surface area contributed by atoms with E-state index in [0.717, 1.165) is 25.5 Å². The Morgan fingerprint density at radius 2 is 2.00 bits per heavy atom. The molecule has 0 bridgehead atoms. The molecule has 1 atom stereocenters. The first-order valence-electron chi connectivity index (χ1n) is 5.48. The highest BCUT2D eigenvalue weighted by Gasteiger charge is 2.25. The minimum atomic E-state index is -3.59. The zero-order valence-electron chi connectivity index (χ0n) is 9.72. The Labute approximate surface area is 116 Å². The van der Waals surface area contributed by atoms with Crippen molar-refractivity contribution in [3.63, 3.8) is 0 Å². The van der Waals surface area contributed by atoms with Gasteiger partial charge in [-0.1, -0.05) is 27.7 Å². The van der Waals surface area contributed by atoms with Gasteiger partial charge in [0, 0.05) is 0 Å². The quantitative estimate of drug-likeness (QED) is 0.802. The van der Waals surface area contributed by atoms with Gasteiger partial charge in [-0.3, -0.25) is 4.79 Å². The summed E-state index contributed by atoms with van der Waals surface area (Å²) in [4.78, 5) is 10.6. The van der Waals surface area contributed by atoms with Gasteiger partial charge in [0.25, 0.3) is 10.1 Å². The predicted molar refractivity (Wildman–Crippen MR) is 72.8 cm³/mol. The van der Waals surface area contributed by atoms with E-state index in [9.17, 15) is 13.2 Å². The first-order chi connectivity index (χ1) is 7.87. The maximum absolute atomic E-state index is 11.0. The Balaban J connectivity index is 0. The zero-order chi connectivity index (χ0) is 12.9. The molecule has 0 spiro atoms. The number of carboxylic acids is 1. The number of ether oxygens (including phenoxy) is 1. The highest BCUT2D eigenvalue weighted by Crippen LogP contribution is 2.26. The van der Waals surface area contributed by atoms with Gasteiger partial charge in [0.1, 0.15) is 6.10 Å². The van der Waals surface area contributed by atoms with Gasteiger partial charge >= 0.3 is 5.97 Å². The smallest absolute Gasteiger partial charge is 0.306 e. The van der Waals surface area contributed by atoms with Crippen LogP contribution in [0, 0.1) is 6.10 Å². The van der Waals surface area contributed by atoms with Crippen LogP contribution in [-0.2, 0) is 23.8 Å². The summed E-state index contributed by atoms with van der Waals surface area (Å²) in [7, 11) is -3.59. The lowest BCUT2D eigenvalue weighted by Crippen LogP contribution is -2.25. The van der Waals surface area contributed by atoms with Crippen molar-refractivity contribution in [2.45, 2.75) is 59.7 Å². The van der Waals surface area contributed by atoms with Gasteiger partial charge in [-0.15, -0.1) is 0 Å². The third-order valence-corrected chi connectivity index (χ3v) is 2.89. The molecule has 1 aliphatic rings. The summed E-state index contributed by atoms with van der Waals surface area (Å²) in [6, 6.07) is 0. The summed E-state index contributed by atoms with van der Waals surface area (Å²) in [5.41, 5.74) is 0. The third-order valence-electron chi connectivity index (χ3n) is 2.32. The average Bonchev–Trinajstić information content (AvgIpc) is 2.09. The van der Waals surface area contributed by atoms with E-state index in [0.29, 0.717) is 18.9 Å². The van der Waals surface area contributed by atoms with Crippen molar-refractivity contribution in [3.05, 3.63) is 6.10 Å². The molecule has 6 nitrogen and oxygen atoms in total. The molecule has 1 heterocycles. The van der Waals surface area contributed by atoms with Crippen LogP contribution in [0.3, 0.4) is 0 Å². The normalized spacial score (nSPS) is 21.4. The van der Waals surface area contributed by atoms with Crippen LogP contribution < -0.4 is 0 Å². The van der Waals surface area contributed by atoms with Gasteiger partial charge in [-0.05, 0) is 19.3 Å². The van der Waals surface area contributed by atoms with E-state index >= 15 is 0 Å². The van der Waals surface area contributed by atoms with Crippen LogP contribution in [0.4, 0.5) is 0 Å². The second-order valence-corrected chi connectivity index (χ2v) is 5.66. The van der Waals surface area contributed by atoms with Crippen LogP contribution in [0.5, 0.6) is 0 Å². The van der Waals surface area contributed by atoms with E-state index in [1.54, 1.807) is 0 Å². The first-order valence-corrected chi connectivity index (χ1v) is 7.30. The molecule has 0 aromatic rings. The first kappa shape index (κ1) is 20.7. The van der Waals surface area contributed by atoms with Crippen LogP contribution in [-0.4, -0.2) is 32.0 Å². The number of hydrogen-bond donors (Lipinski definition) is 1. The molecule has 0 aromatic carbocycles. The Morgan fingerprint density at radius 1 is 1.37 bits per heavy atom. The van der Waals surface area contributed by atoms with E-state index in [4.69, 9.17) is 14.0 Å². The fourth-order valence-electron chi connectivity index (χ4n) is 1.68. The fraction of sp³-hybridized carbons (Fsp3) is 0.833. The summed E-state index contributed by atoms with van der Waals surface area (Å²) in [6.07, 6.45) is 3.80. The Hall–Kier alpha value is -0.660. The summed E-state index contributed by atoms with van der Waals surface area (Å²) in [5.74, 6) is -0.987. The SMILES string of the molecule is C.C.CS(=O)(=O)OC1CCCCC[C](CC(=O)O)O1. The summed E-state index contributed by atoms with van der Waals surface area (Å²) < 4.78 is 32.1. The Morgan fingerprint density at radius 3 is 2.53 bits per heavy atom. The van der Waals surface area contributed by atoms with Crippen molar-refractivity contribution in [1.29, 1.82) is 0 Å². The molecule has 0 saturated carbocycles. The van der Waals surface area contributed by atoms with Crippen molar-refractivity contribution < 1.29 is 27.2 Å². The predicted octanol–water partition coefficient (Wildman–Crippen LogP) is 2.55. The third kappa shape index (κ3) is 9.86. The fourth-order valence-corrected chi connectivity index (χ4v) is 2.20. The molecule has 0 aliphatic carbocycles. The maximum atomic E-state index is 11.0. The van der Waals surface area contributed by atoms with Gasteiger partial charge in [0.05, 0.1) is 12.7 Å². The second-order valence-electron chi connectivity index (χ2n) is 4.06. The number of rotatable bonds is 4. The minimum absolute atomic E-state index is 0. The molecule has 7 heteroatoms. The minimum Gasteiger partial charge on any atom is -0.481 e. The van der Waals surface area contributed by atoms with Crippen LogP contribution in [0.2, 0.25) is 0 Å². The number of carboxylic acid groups (broad SMARTS) is 1. The lowest BCUT2D eigenvalue weighted by atomic mass is 10.0. The molecule has 19 heavy (non-hydrogen) atoms. The van der Waals surface area contributed by atoms with Crippen LogP contribution in [0.1, 0.15) is 53.4 Å². The Bertz CT molecular complexity index is 351. The monoisotopic (exact) mass is 297 g/mol. The molecule has 1 radical (unpaired) electrons. The van der Waals surface area contributed by atoms with Crippen molar-refractivity contribution >= 4 is 16.1 Å². The molecule has 1 saturated heterocycles. The summed E-state index contributed by atoms with van der Waals surface area (Å²) in [5, 5.41) is 8.69. The van der Waals surface area contributed by atoms with E-state index in [1.165, 1.54) is 0 Å². The number of hydrogen-bond acceptors (Lipinski definition) is 5. The average molecular weight is 297 g/mol. The van der Waals surface area contributed by atoms with Crippen LogP contribution >= 0.6 is 0 Å². The molecule has 0 amide bonds. The van der Waals surface area contributed by atoms with Crippen molar-refractivity contribution in [1.82, 2.24) is 0 Å². The van der Waals surface area contributed by atoms with Crippen molar-refractivity contribution in [3.8, 4) is 0 Å². The summed E-state index contributed by atoms with van der Waals surface area (Å²) >= 11 is 0. The van der Waals surface area contributed by atoms with Gasteiger partial charge in [-0.2, -0.15) is 8.42 Å². The van der Waals surface area contributed by atoms with Crippen molar-refractivity contribution in [2.75, 3.05) is 6.26 Å². The number of carbonyl (C=O) groups is 1. The van der Waals surface area contributed by atoms with Crippen LogP contribution in [0.25, 0.3) is 0 Å². The molecule has 1 unspecified atom stereocenters. The standard InChI is InChI=1S/C10H17O6S.2CH4/c1-17(13,14)16-10-6-4-2-3-5-8(15-10)7-9(11)12;;/h10H,2-7H2,1H3,(H,11,12);2*1H4. The summed E-state index contributed by atoms with van der Waals surface area (Å²) in [6.45, 7) is 0. The van der Waals surface area contributed by atoms with E-state index in [2.05, 4.69) is 0 Å². The van der Waals surface area contributed by atoms with Crippen molar-refractivity contribution in [2.24, 2.45) is 0 Å². The molecule has 0 aromatic heterocycles. The largest absolute Gasteiger partial charge is 0.481 e. The van der Waals surface area contributed by atoms with E-state index in [1.807, 2.05) is 0 Å². The lowest BCUT2D eigenvalue weighted by molar-refractivity contribution is -0.141. The zero-order valence-corrected chi connectivity index (χ0v) is 10.5. The van der Waals surface area contributed by atoms with Crippen LogP contribution in [0.15, 0.2) is 0 Å². The maximum Gasteiger partial charge on any atom is 0.306 e. The Kier molecular flexibility index (Phi) is 10.1. The topological polar surface area (TPSA) is 89.9 Å². The molecule has 1 rings (SSSR count). The molecular weight excluding hydrogens is 272 g/mol. The highest BCUT2D eigenvalue weighted by molar-refractivity contribution is 7.86. The lowest BCUT2D eigenvalue weighted by Gasteiger charge is -2.24. The molecule has 115 valence electrons. The van der Waals surface area contributed by atoms with E-state index in [-0.39, 0.29) is 21.3 Å². The van der Waals surface area contributed by atoms with Gasteiger partial charge < -0.3 is 9.84 Å². The highest BCUT2D eigenvalue weighted by atomic mass is 32.2. The van der Waals surface area contributed by atoms with Gasteiger partial charge in [0.15, 0.2) is 6.29 Å².